The summed E-state index contributed by atoms with van der Waals surface area (Å²) in [6, 6.07) is 8.28. The van der Waals surface area contributed by atoms with Gasteiger partial charge in [-0.15, -0.1) is 0 Å². The number of nitrogens with zero attached hydrogens (tertiary/aromatic N) is 1. The predicted octanol–water partition coefficient (Wildman–Crippen LogP) is 6.31. The molecule has 0 unspecified atom stereocenters. The zero-order valence-corrected chi connectivity index (χ0v) is 18.0. The van der Waals surface area contributed by atoms with E-state index in [1.54, 1.807) is 18.2 Å². The average molecular weight is 437 g/mol. The molecule has 1 saturated heterocycles. The molecule has 0 aliphatic carbocycles. The Balaban J connectivity index is 1.61. The van der Waals surface area contributed by atoms with Crippen molar-refractivity contribution in [3.05, 3.63) is 42.0 Å². The van der Waals surface area contributed by atoms with Gasteiger partial charge < -0.3 is 4.74 Å². The number of rotatable bonds is 11. The fraction of sp³-hybridized carbons (Fsp3) is 0.542. The third-order valence-corrected chi connectivity index (χ3v) is 5.64. The van der Waals surface area contributed by atoms with Gasteiger partial charge in [0, 0.05) is 13.0 Å². The van der Waals surface area contributed by atoms with E-state index >= 15 is 0 Å². The number of amides is 1. The van der Waals surface area contributed by atoms with Crippen LogP contribution in [0.15, 0.2) is 36.4 Å². The van der Waals surface area contributed by atoms with Gasteiger partial charge in [0.1, 0.15) is 11.8 Å². The number of halogens is 3. The number of nitrogens with one attached hydrogen (secondary N) is 1. The van der Waals surface area contributed by atoms with E-state index in [1.807, 2.05) is 6.07 Å². The summed E-state index contributed by atoms with van der Waals surface area (Å²) in [5, 5.41) is 2.51. The number of unbranched alkanes of at least 4 members (excludes halogenated alkanes) is 6. The fourth-order valence-electron chi connectivity index (χ4n) is 3.98. The quantitative estimate of drug-likeness (QED) is 0.420. The first-order valence-corrected chi connectivity index (χ1v) is 11.2. The second kappa shape index (κ2) is 10.8. The maximum atomic E-state index is 13.7. The van der Waals surface area contributed by atoms with Crippen molar-refractivity contribution in [2.45, 2.75) is 70.5 Å². The zero-order valence-electron chi connectivity index (χ0n) is 18.0. The van der Waals surface area contributed by atoms with Gasteiger partial charge in [-0.25, -0.2) is 5.01 Å². The first kappa shape index (κ1) is 23.4. The highest BCUT2D eigenvalue weighted by Gasteiger charge is 2.46. The van der Waals surface area contributed by atoms with Gasteiger partial charge in [0.05, 0.1) is 6.61 Å². The second-order valence-corrected chi connectivity index (χ2v) is 8.16. The molecule has 0 saturated carbocycles. The number of fused-ring (bicyclic) bond motifs is 1. The zero-order chi connectivity index (χ0) is 22.3. The molecular weight excluding hydrogens is 405 g/mol. The van der Waals surface area contributed by atoms with Gasteiger partial charge in [0.25, 0.3) is 0 Å². The predicted molar refractivity (Wildman–Crippen MR) is 116 cm³/mol. The van der Waals surface area contributed by atoms with Crippen LogP contribution >= 0.6 is 0 Å². The molecule has 31 heavy (non-hydrogen) atoms. The van der Waals surface area contributed by atoms with E-state index in [4.69, 9.17) is 4.74 Å². The van der Waals surface area contributed by atoms with Crippen LogP contribution in [0.3, 0.4) is 0 Å². The fourth-order valence-corrected chi connectivity index (χ4v) is 3.98. The van der Waals surface area contributed by atoms with Gasteiger partial charge >= 0.3 is 6.18 Å². The van der Waals surface area contributed by atoms with Gasteiger partial charge in [-0.3, -0.25) is 10.2 Å². The summed E-state index contributed by atoms with van der Waals surface area (Å²) in [6.45, 7) is 2.88. The summed E-state index contributed by atoms with van der Waals surface area (Å²) in [7, 11) is 0. The average Bonchev–Trinajstić information content (AvgIpc) is 3.14. The van der Waals surface area contributed by atoms with Crippen molar-refractivity contribution < 1.29 is 22.7 Å². The summed E-state index contributed by atoms with van der Waals surface area (Å²) in [6.07, 6.45) is 4.05. The first-order valence-electron chi connectivity index (χ1n) is 11.2. The van der Waals surface area contributed by atoms with Gasteiger partial charge in [-0.1, -0.05) is 63.6 Å². The minimum absolute atomic E-state index is 0.0342. The molecule has 3 rings (SSSR count). The number of benzene rings is 2. The SMILES string of the molecule is CCCCCCCCCOc1ccc2cc([C@H](N3CCC(=O)N3)C(F)(F)F)ccc2c1. The molecule has 0 bridgehead atoms. The van der Waals surface area contributed by atoms with Crippen LogP contribution in [0, 0.1) is 0 Å². The minimum atomic E-state index is -4.50. The standard InChI is InChI=1S/C24H31F3N2O2/c1-2-3-4-5-6-7-8-15-31-21-12-11-18-16-20(10-9-19(18)17-21)23(24(25,26)27)29-14-13-22(30)28-29/h9-12,16-17,23H,2-8,13-15H2,1H3,(H,28,30)/t23-/m0/s1. The maximum Gasteiger partial charge on any atom is 0.409 e. The third kappa shape index (κ3) is 6.60. The van der Waals surface area contributed by atoms with Gasteiger partial charge in [-0.2, -0.15) is 13.2 Å². The molecule has 7 heteroatoms. The highest BCUT2D eigenvalue weighted by atomic mass is 19.4. The molecule has 0 radical (unpaired) electrons. The highest BCUT2D eigenvalue weighted by Crippen LogP contribution is 2.39. The Hall–Kier alpha value is -2.28. The van der Waals surface area contributed by atoms with Crippen LogP contribution in [0.25, 0.3) is 10.8 Å². The van der Waals surface area contributed by atoms with E-state index in [-0.39, 0.29) is 18.5 Å². The Morgan fingerprint density at radius 1 is 1.00 bits per heavy atom. The molecular formula is C24H31F3N2O2. The molecule has 1 aliphatic rings. The number of hydrazine groups is 1. The summed E-state index contributed by atoms with van der Waals surface area (Å²) in [4.78, 5) is 11.4. The van der Waals surface area contributed by atoms with Crippen molar-refractivity contribution in [1.82, 2.24) is 10.4 Å². The number of alkyl halides is 3. The van der Waals surface area contributed by atoms with Gasteiger partial charge in [-0.05, 0) is 41.0 Å². The Morgan fingerprint density at radius 2 is 1.68 bits per heavy atom. The summed E-state index contributed by atoms with van der Waals surface area (Å²) in [5.41, 5.74) is 2.43. The normalized spacial score (nSPS) is 15.9. The van der Waals surface area contributed by atoms with Crippen molar-refractivity contribution in [3.8, 4) is 5.75 Å². The first-order chi connectivity index (χ1) is 14.9. The molecule has 2 aromatic rings. The van der Waals surface area contributed by atoms with Crippen LogP contribution < -0.4 is 10.2 Å². The second-order valence-electron chi connectivity index (χ2n) is 8.16. The van der Waals surface area contributed by atoms with E-state index in [9.17, 15) is 18.0 Å². The minimum Gasteiger partial charge on any atom is -0.494 e. The van der Waals surface area contributed by atoms with Crippen LogP contribution in [-0.4, -0.2) is 30.2 Å². The summed E-state index contributed by atoms with van der Waals surface area (Å²) >= 11 is 0. The largest absolute Gasteiger partial charge is 0.494 e. The highest BCUT2D eigenvalue weighted by molar-refractivity contribution is 5.84. The van der Waals surface area contributed by atoms with E-state index < -0.39 is 18.1 Å². The maximum absolute atomic E-state index is 13.7. The van der Waals surface area contributed by atoms with Crippen molar-refractivity contribution in [2.24, 2.45) is 0 Å². The van der Waals surface area contributed by atoms with Gasteiger partial charge in [0.2, 0.25) is 5.91 Å². The molecule has 1 aliphatic heterocycles. The van der Waals surface area contributed by atoms with Crippen molar-refractivity contribution in [3.63, 3.8) is 0 Å². The molecule has 1 atom stereocenters. The molecule has 170 valence electrons. The molecule has 0 aromatic heterocycles. The van der Waals surface area contributed by atoms with Crippen LogP contribution in [-0.2, 0) is 4.79 Å². The van der Waals surface area contributed by atoms with E-state index in [0.29, 0.717) is 12.0 Å². The van der Waals surface area contributed by atoms with E-state index in [0.717, 1.165) is 29.0 Å². The van der Waals surface area contributed by atoms with Crippen molar-refractivity contribution in [1.29, 1.82) is 0 Å². The Labute approximate surface area is 181 Å². The number of carbonyl (C=O) groups excluding carboxylic acids is 1. The molecule has 2 aromatic carbocycles. The third-order valence-electron chi connectivity index (χ3n) is 5.64. The molecule has 4 nitrogen and oxygen atoms in total. The monoisotopic (exact) mass is 436 g/mol. The lowest BCUT2D eigenvalue weighted by Crippen LogP contribution is -2.43. The van der Waals surface area contributed by atoms with E-state index in [2.05, 4.69) is 12.3 Å². The molecule has 0 spiro atoms. The lowest BCUT2D eigenvalue weighted by Gasteiger charge is -2.29. The summed E-state index contributed by atoms with van der Waals surface area (Å²) < 4.78 is 47.0. The number of hydrogen-bond donors (Lipinski definition) is 1. The van der Waals surface area contributed by atoms with E-state index in [1.165, 1.54) is 44.2 Å². The number of hydrogen-bond acceptors (Lipinski definition) is 3. The van der Waals surface area contributed by atoms with Gasteiger partial charge in [0.15, 0.2) is 0 Å². The smallest absolute Gasteiger partial charge is 0.409 e. The van der Waals surface area contributed by atoms with Crippen LogP contribution in [0.5, 0.6) is 5.75 Å². The topological polar surface area (TPSA) is 41.6 Å². The van der Waals surface area contributed by atoms with Crippen molar-refractivity contribution >= 4 is 16.7 Å². The molecule has 1 fully saturated rings. The summed E-state index contributed by atoms with van der Waals surface area (Å²) in [5.74, 6) is 0.336. The molecule has 1 N–H and O–H groups in total. The molecule has 1 amide bonds. The lowest BCUT2D eigenvalue weighted by atomic mass is 10.0. The van der Waals surface area contributed by atoms with Crippen LogP contribution in [0.2, 0.25) is 0 Å². The van der Waals surface area contributed by atoms with Crippen LogP contribution in [0.4, 0.5) is 13.2 Å². The Morgan fingerprint density at radius 3 is 2.35 bits per heavy atom. The lowest BCUT2D eigenvalue weighted by molar-refractivity contribution is -0.191. The molecule has 1 heterocycles. The number of carbonyl (C=O) groups is 1. The van der Waals surface area contributed by atoms with Crippen LogP contribution in [0.1, 0.15) is 69.9 Å². The van der Waals surface area contributed by atoms with Crippen molar-refractivity contribution in [2.75, 3.05) is 13.2 Å². The Kier molecular flexibility index (Phi) is 8.18. The Bertz CT molecular complexity index is 870. The number of ether oxygens (including phenoxy) is 1.